The van der Waals surface area contributed by atoms with E-state index in [1.54, 1.807) is 16.4 Å². The van der Waals surface area contributed by atoms with E-state index in [2.05, 4.69) is 4.98 Å². The zero-order valence-electron chi connectivity index (χ0n) is 16.8. The second-order valence-electron chi connectivity index (χ2n) is 7.85. The topological polar surface area (TPSA) is 66.1 Å². The van der Waals surface area contributed by atoms with Crippen molar-refractivity contribution in [2.24, 2.45) is 0 Å². The van der Waals surface area contributed by atoms with Gasteiger partial charge in [0, 0.05) is 24.0 Å². The average molecular weight is 452 g/mol. The molecule has 1 aliphatic rings. The van der Waals surface area contributed by atoms with Gasteiger partial charge in [0.2, 0.25) is 10.0 Å². The van der Waals surface area contributed by atoms with E-state index in [0.29, 0.717) is 23.0 Å². The normalized spacial score (nSPS) is 16.0. The first-order chi connectivity index (χ1) is 15.0. The lowest BCUT2D eigenvalue weighted by Crippen LogP contribution is -2.38. The van der Waals surface area contributed by atoms with Crippen molar-refractivity contribution < 1.29 is 8.42 Å². The number of benzene rings is 3. The zero-order valence-corrected chi connectivity index (χ0v) is 18.4. The molecule has 0 atom stereocenters. The molecule has 158 valence electrons. The van der Waals surface area contributed by atoms with Gasteiger partial charge < -0.3 is 4.98 Å². The number of fused-ring (bicyclic) bond motifs is 1. The summed E-state index contributed by atoms with van der Waals surface area (Å²) in [6.07, 6.45) is 1.50. The van der Waals surface area contributed by atoms with E-state index in [1.165, 1.54) is 0 Å². The van der Waals surface area contributed by atoms with Gasteiger partial charge in [-0.3, -0.25) is 0 Å². The molecule has 2 heterocycles. The number of imidazole rings is 1. The molecule has 4 aromatic rings. The maximum absolute atomic E-state index is 13.1. The number of hydrogen-bond donors (Lipinski definition) is 1. The molecule has 5 rings (SSSR count). The Labute approximate surface area is 186 Å². The number of H-pyrrole nitrogens is 1. The fourth-order valence-corrected chi connectivity index (χ4v) is 5.74. The van der Waals surface area contributed by atoms with E-state index in [0.717, 1.165) is 40.8 Å². The lowest BCUT2D eigenvalue weighted by atomic mass is 9.97. The molecule has 5 nitrogen and oxygen atoms in total. The van der Waals surface area contributed by atoms with Gasteiger partial charge in [-0.05, 0) is 60.4 Å². The van der Waals surface area contributed by atoms with Gasteiger partial charge in [0.15, 0.2) is 0 Å². The van der Waals surface area contributed by atoms with Gasteiger partial charge in [-0.1, -0.05) is 48.0 Å². The molecule has 0 bridgehead atoms. The van der Waals surface area contributed by atoms with Crippen LogP contribution in [0, 0.1) is 0 Å². The summed E-state index contributed by atoms with van der Waals surface area (Å²) in [5.41, 5.74) is 3.93. The molecule has 0 radical (unpaired) electrons. The smallest absolute Gasteiger partial charge is 0.243 e. The first-order valence-corrected chi connectivity index (χ1v) is 12.1. The summed E-state index contributed by atoms with van der Waals surface area (Å²) in [5.74, 6) is 1.19. The van der Waals surface area contributed by atoms with Crippen molar-refractivity contribution >= 4 is 32.7 Å². The van der Waals surface area contributed by atoms with Crippen molar-refractivity contribution in [3.8, 4) is 11.1 Å². The van der Waals surface area contributed by atoms with Crippen LogP contribution < -0.4 is 0 Å². The molecule has 1 N–H and O–H groups in total. The molecule has 0 saturated carbocycles. The minimum absolute atomic E-state index is 0.242. The van der Waals surface area contributed by atoms with Crippen LogP contribution in [0.1, 0.15) is 24.6 Å². The maximum Gasteiger partial charge on any atom is 0.243 e. The Bertz CT molecular complexity index is 1270. The van der Waals surface area contributed by atoms with E-state index in [1.807, 2.05) is 60.7 Å². The first kappa shape index (κ1) is 20.2. The minimum Gasteiger partial charge on any atom is -0.342 e. The molecule has 1 aliphatic heterocycles. The van der Waals surface area contributed by atoms with Gasteiger partial charge in [0.05, 0.1) is 15.9 Å². The SMILES string of the molecule is O=S(=O)(c1ccc(-c2ccc(Cl)cc2)cc1)N1CCC(c2nc3ccccc3[nH]2)CC1. The second kappa shape index (κ2) is 8.11. The Morgan fingerprint density at radius 2 is 1.48 bits per heavy atom. The fourth-order valence-electron chi connectivity index (χ4n) is 4.15. The number of hydrogen-bond acceptors (Lipinski definition) is 3. The fraction of sp³-hybridized carbons (Fsp3) is 0.208. The molecular weight excluding hydrogens is 430 g/mol. The quantitative estimate of drug-likeness (QED) is 0.448. The van der Waals surface area contributed by atoms with Crippen LogP contribution in [0.3, 0.4) is 0 Å². The number of piperidine rings is 1. The lowest BCUT2D eigenvalue weighted by Gasteiger charge is -2.30. The summed E-state index contributed by atoms with van der Waals surface area (Å²) >= 11 is 5.95. The maximum atomic E-state index is 13.1. The number of rotatable bonds is 4. The van der Waals surface area contributed by atoms with Crippen molar-refractivity contribution in [2.75, 3.05) is 13.1 Å². The highest BCUT2D eigenvalue weighted by Gasteiger charge is 2.31. The summed E-state index contributed by atoms with van der Waals surface area (Å²) in [4.78, 5) is 8.41. The summed E-state index contributed by atoms with van der Waals surface area (Å²) in [6.45, 7) is 0.978. The summed E-state index contributed by atoms with van der Waals surface area (Å²) in [6, 6.07) is 22.5. The summed E-state index contributed by atoms with van der Waals surface area (Å²) in [5, 5.41) is 0.675. The Morgan fingerprint density at radius 1 is 0.871 bits per heavy atom. The van der Waals surface area contributed by atoms with Crippen molar-refractivity contribution in [3.05, 3.63) is 83.6 Å². The van der Waals surface area contributed by atoms with Crippen LogP contribution in [0.4, 0.5) is 0 Å². The predicted molar refractivity (Wildman–Crippen MR) is 124 cm³/mol. The third kappa shape index (κ3) is 3.99. The number of halogens is 1. The van der Waals surface area contributed by atoms with E-state index in [4.69, 9.17) is 16.6 Å². The van der Waals surface area contributed by atoms with Crippen molar-refractivity contribution in [3.63, 3.8) is 0 Å². The lowest BCUT2D eigenvalue weighted by molar-refractivity contribution is 0.314. The summed E-state index contributed by atoms with van der Waals surface area (Å²) < 4.78 is 27.9. The number of nitrogens with zero attached hydrogens (tertiary/aromatic N) is 2. The summed E-state index contributed by atoms with van der Waals surface area (Å²) in [7, 11) is -3.52. The molecular formula is C24H22ClN3O2S. The number of nitrogens with one attached hydrogen (secondary N) is 1. The Hall–Kier alpha value is -2.67. The third-order valence-electron chi connectivity index (χ3n) is 5.92. The standard InChI is InChI=1S/C24H22ClN3O2S/c25-20-9-5-17(6-10-20)18-7-11-21(12-8-18)31(29,30)28-15-13-19(14-16-28)24-26-22-3-1-2-4-23(22)27-24/h1-12,19H,13-16H2,(H,26,27). The van der Waals surface area contributed by atoms with Crippen molar-refractivity contribution in [1.29, 1.82) is 0 Å². The number of aromatic nitrogens is 2. The van der Waals surface area contributed by atoms with Crippen LogP contribution in [-0.2, 0) is 10.0 Å². The Kier molecular flexibility index (Phi) is 5.30. The molecule has 7 heteroatoms. The Balaban J connectivity index is 1.29. The second-order valence-corrected chi connectivity index (χ2v) is 10.2. The molecule has 31 heavy (non-hydrogen) atoms. The van der Waals surface area contributed by atoms with Gasteiger partial charge in [-0.15, -0.1) is 0 Å². The van der Waals surface area contributed by atoms with Gasteiger partial charge in [0.25, 0.3) is 0 Å². The van der Waals surface area contributed by atoms with Crippen LogP contribution in [0.15, 0.2) is 77.7 Å². The molecule has 3 aromatic carbocycles. The number of para-hydroxylation sites is 2. The van der Waals surface area contributed by atoms with Crippen LogP contribution in [0.25, 0.3) is 22.2 Å². The van der Waals surface area contributed by atoms with Crippen molar-refractivity contribution in [2.45, 2.75) is 23.7 Å². The predicted octanol–water partition coefficient (Wildman–Crippen LogP) is 5.45. The molecule has 0 unspecified atom stereocenters. The average Bonchev–Trinajstić information content (AvgIpc) is 3.24. The molecule has 0 aliphatic carbocycles. The van der Waals surface area contributed by atoms with Crippen LogP contribution >= 0.6 is 11.6 Å². The van der Waals surface area contributed by atoms with E-state index in [9.17, 15) is 8.42 Å². The highest BCUT2D eigenvalue weighted by Crippen LogP contribution is 2.31. The largest absolute Gasteiger partial charge is 0.342 e. The molecule has 0 spiro atoms. The Morgan fingerprint density at radius 3 is 2.13 bits per heavy atom. The number of aromatic amines is 1. The van der Waals surface area contributed by atoms with E-state index < -0.39 is 10.0 Å². The van der Waals surface area contributed by atoms with Gasteiger partial charge in [-0.2, -0.15) is 4.31 Å². The van der Waals surface area contributed by atoms with Crippen LogP contribution in [-0.4, -0.2) is 35.8 Å². The van der Waals surface area contributed by atoms with Gasteiger partial charge >= 0.3 is 0 Å². The van der Waals surface area contributed by atoms with Crippen LogP contribution in [0.2, 0.25) is 5.02 Å². The van der Waals surface area contributed by atoms with Crippen molar-refractivity contribution in [1.82, 2.24) is 14.3 Å². The highest BCUT2D eigenvalue weighted by molar-refractivity contribution is 7.89. The van der Waals surface area contributed by atoms with E-state index >= 15 is 0 Å². The van der Waals surface area contributed by atoms with Gasteiger partial charge in [-0.25, -0.2) is 13.4 Å². The molecule has 1 saturated heterocycles. The molecule has 0 amide bonds. The number of sulfonamides is 1. The monoisotopic (exact) mass is 451 g/mol. The van der Waals surface area contributed by atoms with Crippen LogP contribution in [0.5, 0.6) is 0 Å². The molecule has 1 fully saturated rings. The first-order valence-electron chi connectivity index (χ1n) is 10.3. The van der Waals surface area contributed by atoms with Gasteiger partial charge in [0.1, 0.15) is 5.82 Å². The highest BCUT2D eigenvalue weighted by atomic mass is 35.5. The molecule has 1 aromatic heterocycles. The third-order valence-corrected chi connectivity index (χ3v) is 8.08. The van der Waals surface area contributed by atoms with E-state index in [-0.39, 0.29) is 5.92 Å². The zero-order chi connectivity index (χ0) is 21.4. The minimum atomic E-state index is -3.52.